The molecule has 0 fully saturated rings. The van der Waals surface area contributed by atoms with Gasteiger partial charge < -0.3 is 15.2 Å². The molecule has 0 radical (unpaired) electrons. The van der Waals surface area contributed by atoms with E-state index in [2.05, 4.69) is 0 Å². The molecule has 0 aromatic rings. The van der Waals surface area contributed by atoms with E-state index >= 15 is 0 Å². The summed E-state index contributed by atoms with van der Waals surface area (Å²) in [5.41, 5.74) is 5.57. The number of hydrogen-bond acceptors (Lipinski definition) is 3. The summed E-state index contributed by atoms with van der Waals surface area (Å²) in [4.78, 5) is 10.8. The van der Waals surface area contributed by atoms with Gasteiger partial charge in [0.05, 0.1) is 0 Å². The van der Waals surface area contributed by atoms with Crippen molar-refractivity contribution >= 4 is 5.91 Å². The average Bonchev–Trinajstić information content (AvgIpc) is 2.17. The number of carbonyl (C=O) groups excluding carboxylic acids is 1. The van der Waals surface area contributed by atoms with Crippen LogP contribution in [0.15, 0.2) is 36.3 Å². The van der Waals surface area contributed by atoms with Crippen molar-refractivity contribution in [1.29, 1.82) is 0 Å². The van der Waals surface area contributed by atoms with E-state index in [4.69, 9.17) is 15.2 Å². The van der Waals surface area contributed by atoms with Crippen molar-refractivity contribution < 1.29 is 14.3 Å². The lowest BCUT2D eigenvalue weighted by atomic mass is 10.0. The Morgan fingerprint density at radius 2 is 2.00 bits per heavy atom. The van der Waals surface area contributed by atoms with Gasteiger partial charge in [-0.15, -0.1) is 0 Å². The zero-order chi connectivity index (χ0) is 9.26. The van der Waals surface area contributed by atoms with Crippen molar-refractivity contribution in [3.05, 3.63) is 36.3 Å². The first kappa shape index (κ1) is 7.91. The highest BCUT2D eigenvalue weighted by atomic mass is 16.6. The number of hydrogen-bond donors (Lipinski definition) is 1. The van der Waals surface area contributed by atoms with Crippen LogP contribution in [0.4, 0.5) is 0 Å². The third-order valence-electron chi connectivity index (χ3n) is 1.94. The van der Waals surface area contributed by atoms with Gasteiger partial charge in [0, 0.05) is 5.57 Å². The Morgan fingerprint density at radius 3 is 2.69 bits per heavy atom. The van der Waals surface area contributed by atoms with Crippen LogP contribution >= 0.6 is 0 Å². The molecule has 4 heteroatoms. The van der Waals surface area contributed by atoms with Gasteiger partial charge in [-0.1, -0.05) is 0 Å². The predicted octanol–water partition coefficient (Wildman–Crippen LogP) is 0.223. The molecular formula is C9H9NO3. The van der Waals surface area contributed by atoms with Crippen LogP contribution in [-0.4, -0.2) is 18.1 Å². The van der Waals surface area contributed by atoms with E-state index in [0.29, 0.717) is 5.57 Å². The Labute approximate surface area is 75.3 Å². The third-order valence-corrected chi connectivity index (χ3v) is 1.94. The lowest BCUT2D eigenvalue weighted by Crippen LogP contribution is -2.32. The van der Waals surface area contributed by atoms with E-state index in [9.17, 15) is 4.79 Å². The van der Waals surface area contributed by atoms with E-state index in [1.54, 1.807) is 18.2 Å². The van der Waals surface area contributed by atoms with Gasteiger partial charge in [0.15, 0.2) is 12.2 Å². The van der Waals surface area contributed by atoms with Gasteiger partial charge in [-0.05, 0) is 18.2 Å². The number of rotatable bonds is 1. The second-order valence-corrected chi connectivity index (χ2v) is 2.82. The van der Waals surface area contributed by atoms with E-state index in [1.807, 2.05) is 0 Å². The molecule has 1 unspecified atom stereocenters. The van der Waals surface area contributed by atoms with Crippen LogP contribution < -0.4 is 5.73 Å². The SMILES string of the molecule is NC(=O)C1=C[C@@H]2OC=COC2C=C1. The molecule has 4 nitrogen and oxygen atoms in total. The normalized spacial score (nSPS) is 29.7. The van der Waals surface area contributed by atoms with E-state index in [-0.39, 0.29) is 12.2 Å². The molecule has 13 heavy (non-hydrogen) atoms. The van der Waals surface area contributed by atoms with Crippen molar-refractivity contribution in [2.75, 3.05) is 0 Å². The predicted molar refractivity (Wildman–Crippen MR) is 45.3 cm³/mol. The Morgan fingerprint density at radius 1 is 1.31 bits per heavy atom. The largest absolute Gasteiger partial charge is 0.487 e. The molecule has 1 amide bonds. The number of amides is 1. The standard InChI is InChI=1S/C9H9NO3/c10-9(11)6-1-2-7-8(5-6)13-4-3-12-7/h1-5,7-8H,(H2,10,11)/t7?,8-/m0/s1. The monoisotopic (exact) mass is 179 g/mol. The van der Waals surface area contributed by atoms with Crippen LogP contribution in [0.5, 0.6) is 0 Å². The van der Waals surface area contributed by atoms with Crippen molar-refractivity contribution in [1.82, 2.24) is 0 Å². The van der Waals surface area contributed by atoms with Crippen molar-refractivity contribution in [3.63, 3.8) is 0 Å². The molecule has 1 heterocycles. The molecule has 2 rings (SSSR count). The quantitative estimate of drug-likeness (QED) is 0.626. The fourth-order valence-corrected chi connectivity index (χ4v) is 1.28. The van der Waals surface area contributed by atoms with Gasteiger partial charge in [-0.3, -0.25) is 4.79 Å². The zero-order valence-electron chi connectivity index (χ0n) is 6.84. The fourth-order valence-electron chi connectivity index (χ4n) is 1.28. The molecule has 68 valence electrons. The average molecular weight is 179 g/mol. The third kappa shape index (κ3) is 1.42. The highest BCUT2D eigenvalue weighted by Gasteiger charge is 2.25. The maximum absolute atomic E-state index is 10.8. The van der Waals surface area contributed by atoms with Crippen LogP contribution in [0.3, 0.4) is 0 Å². The van der Waals surface area contributed by atoms with Crippen LogP contribution in [0.2, 0.25) is 0 Å². The summed E-state index contributed by atoms with van der Waals surface area (Å²) in [6.07, 6.45) is 7.62. The minimum atomic E-state index is -0.451. The molecule has 0 spiro atoms. The van der Waals surface area contributed by atoms with Gasteiger partial charge >= 0.3 is 0 Å². The van der Waals surface area contributed by atoms with Gasteiger partial charge in [0.2, 0.25) is 5.91 Å². The number of fused-ring (bicyclic) bond motifs is 1. The molecule has 2 atom stereocenters. The van der Waals surface area contributed by atoms with E-state index in [0.717, 1.165) is 0 Å². The summed E-state index contributed by atoms with van der Waals surface area (Å²) >= 11 is 0. The first-order valence-corrected chi connectivity index (χ1v) is 3.93. The molecule has 2 N–H and O–H groups in total. The molecule has 1 aliphatic carbocycles. The van der Waals surface area contributed by atoms with E-state index < -0.39 is 5.91 Å². The Kier molecular flexibility index (Phi) is 1.81. The smallest absolute Gasteiger partial charge is 0.248 e. The van der Waals surface area contributed by atoms with Gasteiger partial charge in [0.25, 0.3) is 0 Å². The Hall–Kier alpha value is -1.71. The molecule has 1 aliphatic heterocycles. The van der Waals surface area contributed by atoms with Crippen LogP contribution in [0, 0.1) is 0 Å². The van der Waals surface area contributed by atoms with Gasteiger partial charge in [0.1, 0.15) is 12.5 Å². The minimum Gasteiger partial charge on any atom is -0.487 e. The molecule has 0 aromatic heterocycles. The highest BCUT2D eigenvalue weighted by molar-refractivity contribution is 5.95. The number of carbonyl (C=O) groups is 1. The fraction of sp³-hybridized carbons (Fsp3) is 0.222. The van der Waals surface area contributed by atoms with Crippen molar-refractivity contribution in [2.24, 2.45) is 5.73 Å². The molecule has 2 aliphatic rings. The van der Waals surface area contributed by atoms with Crippen LogP contribution in [-0.2, 0) is 14.3 Å². The summed E-state index contributed by atoms with van der Waals surface area (Å²) in [6.45, 7) is 0. The first-order chi connectivity index (χ1) is 6.27. The molecular weight excluding hydrogens is 170 g/mol. The minimum absolute atomic E-state index is 0.145. The maximum atomic E-state index is 10.8. The summed E-state index contributed by atoms with van der Waals surface area (Å²) < 4.78 is 10.4. The summed E-state index contributed by atoms with van der Waals surface area (Å²) in [5.74, 6) is -0.451. The number of nitrogens with two attached hydrogens (primary N) is 1. The zero-order valence-corrected chi connectivity index (χ0v) is 6.84. The second-order valence-electron chi connectivity index (χ2n) is 2.82. The van der Waals surface area contributed by atoms with Gasteiger partial charge in [-0.25, -0.2) is 0 Å². The lowest BCUT2D eigenvalue weighted by molar-refractivity contribution is -0.114. The van der Waals surface area contributed by atoms with E-state index in [1.165, 1.54) is 12.5 Å². The second kappa shape index (κ2) is 2.97. The van der Waals surface area contributed by atoms with Gasteiger partial charge in [-0.2, -0.15) is 0 Å². The number of primary amides is 1. The molecule has 0 bridgehead atoms. The highest BCUT2D eigenvalue weighted by Crippen LogP contribution is 2.20. The number of ether oxygens (including phenoxy) is 2. The summed E-state index contributed by atoms with van der Waals surface area (Å²) in [7, 11) is 0. The Balaban J connectivity index is 2.21. The molecule has 0 saturated heterocycles. The molecule has 0 saturated carbocycles. The summed E-state index contributed by atoms with van der Waals surface area (Å²) in [6, 6.07) is 0. The maximum Gasteiger partial charge on any atom is 0.248 e. The topological polar surface area (TPSA) is 61.6 Å². The van der Waals surface area contributed by atoms with Crippen molar-refractivity contribution in [3.8, 4) is 0 Å². The Bertz CT molecular complexity index is 317. The molecule has 0 aromatic carbocycles. The lowest BCUT2D eigenvalue weighted by Gasteiger charge is -2.27. The first-order valence-electron chi connectivity index (χ1n) is 3.93. The van der Waals surface area contributed by atoms with Crippen LogP contribution in [0.25, 0.3) is 0 Å². The summed E-state index contributed by atoms with van der Waals surface area (Å²) in [5, 5.41) is 0. The van der Waals surface area contributed by atoms with Crippen LogP contribution in [0.1, 0.15) is 0 Å². The van der Waals surface area contributed by atoms with Crippen molar-refractivity contribution in [2.45, 2.75) is 12.2 Å².